The Labute approximate surface area is 172 Å². The first kappa shape index (κ1) is 23.3. The largest absolute Gasteiger partial charge is 0.399 e. The molecular formula is C20H22ClN3O3S. The summed E-state index contributed by atoms with van der Waals surface area (Å²) in [6.07, 6.45) is 7.55. The topological polar surface area (TPSA) is 133 Å². The maximum atomic E-state index is 8.67. The molecule has 0 unspecified atom stereocenters. The Kier molecular flexibility index (Phi) is 8.81. The minimum Gasteiger partial charge on any atom is -0.399 e. The molecule has 148 valence electrons. The number of nitrogen functional groups attached to an aromatic ring is 2. The number of hydrogen-bond acceptors (Lipinski definition) is 4. The summed E-state index contributed by atoms with van der Waals surface area (Å²) in [6, 6.07) is 13.9. The highest BCUT2D eigenvalue weighted by molar-refractivity contribution is 7.73. The number of aryl methyl sites for hydroxylation is 1. The van der Waals surface area contributed by atoms with Crippen molar-refractivity contribution in [2.24, 2.45) is 0 Å². The summed E-state index contributed by atoms with van der Waals surface area (Å²) in [4.78, 5) is 0. The van der Waals surface area contributed by atoms with Crippen LogP contribution in [-0.4, -0.2) is 19.0 Å². The van der Waals surface area contributed by atoms with Crippen molar-refractivity contribution >= 4 is 46.4 Å². The van der Waals surface area contributed by atoms with E-state index in [0.717, 1.165) is 39.2 Å². The zero-order valence-electron chi connectivity index (χ0n) is 15.1. The van der Waals surface area contributed by atoms with E-state index in [4.69, 9.17) is 30.2 Å². The number of rotatable bonds is 2. The van der Waals surface area contributed by atoms with E-state index in [0.29, 0.717) is 5.71 Å². The average Bonchev–Trinajstić information content (AvgIpc) is 2.61. The number of benzene rings is 2. The lowest BCUT2D eigenvalue weighted by Gasteiger charge is -2.15. The van der Waals surface area contributed by atoms with Crippen molar-refractivity contribution in [3.05, 3.63) is 89.0 Å². The SMILES string of the molecule is Cc1cc(C(=C2C=CC(=N)C=C2)c2ccc(N)cc2)ccc1N.Cl.O=S(O)O. The molecule has 0 saturated carbocycles. The first-order chi connectivity index (χ1) is 12.8. The third kappa shape index (κ3) is 6.47. The van der Waals surface area contributed by atoms with Crippen molar-refractivity contribution in [3.63, 3.8) is 0 Å². The fourth-order valence-electron chi connectivity index (χ4n) is 2.62. The van der Waals surface area contributed by atoms with Gasteiger partial charge in [-0.2, -0.15) is 4.21 Å². The Morgan fingerprint density at radius 1 is 0.929 bits per heavy atom. The van der Waals surface area contributed by atoms with Gasteiger partial charge < -0.3 is 16.9 Å². The molecule has 1 aliphatic rings. The number of hydrogen-bond donors (Lipinski definition) is 5. The van der Waals surface area contributed by atoms with Crippen LogP contribution < -0.4 is 11.5 Å². The zero-order chi connectivity index (χ0) is 20.0. The summed E-state index contributed by atoms with van der Waals surface area (Å²) >= 11 is -2.61. The van der Waals surface area contributed by atoms with Gasteiger partial charge in [0.05, 0.1) is 5.71 Å². The van der Waals surface area contributed by atoms with Crippen LogP contribution in [0.1, 0.15) is 16.7 Å². The van der Waals surface area contributed by atoms with Crippen LogP contribution in [0, 0.1) is 12.3 Å². The second kappa shape index (κ2) is 10.6. The molecule has 1 aliphatic carbocycles. The van der Waals surface area contributed by atoms with Gasteiger partial charge in [0.25, 0.3) is 11.4 Å². The van der Waals surface area contributed by atoms with Crippen molar-refractivity contribution in [1.82, 2.24) is 0 Å². The second-order valence-corrected chi connectivity index (χ2v) is 6.34. The van der Waals surface area contributed by atoms with Gasteiger partial charge in [-0.05, 0) is 71.2 Å². The molecule has 0 heterocycles. The summed E-state index contributed by atoms with van der Waals surface area (Å²) in [7, 11) is 0. The monoisotopic (exact) mass is 419 g/mol. The minimum atomic E-state index is -2.61. The molecule has 0 amide bonds. The first-order valence-electron chi connectivity index (χ1n) is 7.99. The highest BCUT2D eigenvalue weighted by atomic mass is 35.5. The molecule has 0 atom stereocenters. The van der Waals surface area contributed by atoms with Gasteiger partial charge in [0.15, 0.2) is 0 Å². The van der Waals surface area contributed by atoms with E-state index in [1.54, 1.807) is 12.2 Å². The van der Waals surface area contributed by atoms with Crippen LogP contribution in [0.25, 0.3) is 5.57 Å². The van der Waals surface area contributed by atoms with Crippen LogP contribution in [0.4, 0.5) is 11.4 Å². The minimum absolute atomic E-state index is 0. The highest BCUT2D eigenvalue weighted by Gasteiger charge is 2.12. The van der Waals surface area contributed by atoms with Crippen LogP contribution in [0.5, 0.6) is 0 Å². The summed E-state index contributed by atoms with van der Waals surface area (Å²) in [5.74, 6) is 0. The smallest absolute Gasteiger partial charge is 0.299 e. The van der Waals surface area contributed by atoms with Gasteiger partial charge in [0, 0.05) is 11.4 Å². The van der Waals surface area contributed by atoms with E-state index in [1.165, 1.54) is 0 Å². The maximum Gasteiger partial charge on any atom is 0.299 e. The molecular weight excluding hydrogens is 398 g/mol. The Balaban J connectivity index is 0.000000717. The van der Waals surface area contributed by atoms with Gasteiger partial charge in [0.1, 0.15) is 0 Å². The second-order valence-electron chi connectivity index (χ2n) is 5.88. The predicted molar refractivity (Wildman–Crippen MR) is 119 cm³/mol. The quantitative estimate of drug-likeness (QED) is 0.367. The predicted octanol–water partition coefficient (Wildman–Crippen LogP) is 4.21. The molecule has 28 heavy (non-hydrogen) atoms. The number of allylic oxidation sites excluding steroid dienone is 5. The van der Waals surface area contributed by atoms with Crippen molar-refractivity contribution in [1.29, 1.82) is 5.41 Å². The van der Waals surface area contributed by atoms with Crippen molar-refractivity contribution < 1.29 is 13.3 Å². The van der Waals surface area contributed by atoms with E-state index in [2.05, 4.69) is 6.07 Å². The van der Waals surface area contributed by atoms with Crippen LogP contribution in [0.2, 0.25) is 0 Å². The van der Waals surface area contributed by atoms with Crippen molar-refractivity contribution in [2.75, 3.05) is 11.5 Å². The molecule has 8 heteroatoms. The molecule has 2 aromatic carbocycles. The van der Waals surface area contributed by atoms with E-state index >= 15 is 0 Å². The lowest BCUT2D eigenvalue weighted by molar-refractivity contribution is 0.454. The van der Waals surface area contributed by atoms with E-state index in [-0.39, 0.29) is 12.4 Å². The third-order valence-corrected chi connectivity index (χ3v) is 3.93. The molecule has 2 aromatic rings. The molecule has 0 saturated heterocycles. The molecule has 0 spiro atoms. The Morgan fingerprint density at radius 3 is 1.93 bits per heavy atom. The average molecular weight is 420 g/mol. The summed E-state index contributed by atoms with van der Waals surface area (Å²) in [5.41, 5.74) is 19.2. The number of halogens is 1. The van der Waals surface area contributed by atoms with Gasteiger partial charge in [-0.25, -0.2) is 0 Å². The normalized spacial score (nSPS) is 12.3. The number of nitrogens with one attached hydrogen (secondary N) is 1. The summed E-state index contributed by atoms with van der Waals surface area (Å²) in [6.45, 7) is 2.01. The third-order valence-electron chi connectivity index (χ3n) is 3.93. The lowest BCUT2D eigenvalue weighted by atomic mass is 9.90. The van der Waals surface area contributed by atoms with Gasteiger partial charge in [-0.15, -0.1) is 12.4 Å². The van der Waals surface area contributed by atoms with Crippen LogP contribution in [-0.2, 0) is 11.4 Å². The summed E-state index contributed by atoms with van der Waals surface area (Å²) in [5, 5.41) is 7.69. The van der Waals surface area contributed by atoms with E-state index in [1.807, 2.05) is 55.5 Å². The number of anilines is 2. The van der Waals surface area contributed by atoms with Crippen molar-refractivity contribution in [2.45, 2.75) is 6.92 Å². The van der Waals surface area contributed by atoms with Crippen LogP contribution in [0.15, 0.2) is 72.3 Å². The zero-order valence-corrected chi connectivity index (χ0v) is 16.8. The molecule has 0 fully saturated rings. The molecule has 0 radical (unpaired) electrons. The highest BCUT2D eigenvalue weighted by Crippen LogP contribution is 2.31. The van der Waals surface area contributed by atoms with Crippen LogP contribution in [0.3, 0.4) is 0 Å². The Morgan fingerprint density at radius 2 is 1.43 bits per heavy atom. The molecule has 7 N–H and O–H groups in total. The molecule has 3 rings (SSSR count). The fraction of sp³-hybridized carbons (Fsp3) is 0.0500. The Bertz CT molecular complexity index is 945. The van der Waals surface area contributed by atoms with Gasteiger partial charge >= 0.3 is 0 Å². The van der Waals surface area contributed by atoms with Crippen molar-refractivity contribution in [3.8, 4) is 0 Å². The lowest BCUT2D eigenvalue weighted by Crippen LogP contribution is -1.99. The Hall–Kier alpha value is -2.71. The molecule has 0 bridgehead atoms. The molecule has 0 aliphatic heterocycles. The van der Waals surface area contributed by atoms with E-state index < -0.39 is 11.4 Å². The van der Waals surface area contributed by atoms with Gasteiger partial charge in [0.2, 0.25) is 0 Å². The van der Waals surface area contributed by atoms with Crippen LogP contribution >= 0.6 is 12.4 Å². The first-order valence-corrected chi connectivity index (χ1v) is 9.05. The van der Waals surface area contributed by atoms with Gasteiger partial charge in [-0.3, -0.25) is 9.11 Å². The standard InChI is InChI=1S/C20H19N3.ClH.H2O3S/c1-13-12-16(6-11-19(13)23)20(14-2-7-17(21)8-3-14)15-4-9-18(22)10-5-15;;1-4(2)3/h2-12,21H,22-23H2,1H3;1H;(H2,1,2,3). The molecule has 0 aromatic heterocycles. The molecule has 6 nitrogen and oxygen atoms in total. The maximum absolute atomic E-state index is 8.67. The fourth-order valence-corrected chi connectivity index (χ4v) is 2.62. The van der Waals surface area contributed by atoms with Gasteiger partial charge in [-0.1, -0.05) is 30.4 Å². The van der Waals surface area contributed by atoms with E-state index in [9.17, 15) is 0 Å². The summed E-state index contributed by atoms with van der Waals surface area (Å²) < 4.78 is 22.8. The number of nitrogens with two attached hydrogens (primary N) is 2.